The maximum absolute atomic E-state index is 5.43. The van der Waals surface area contributed by atoms with Crippen LogP contribution in [0.1, 0.15) is 29.3 Å². The van der Waals surface area contributed by atoms with Gasteiger partial charge in [-0.15, -0.1) is 0 Å². The summed E-state index contributed by atoms with van der Waals surface area (Å²) in [5.41, 5.74) is 7.43. The van der Waals surface area contributed by atoms with Gasteiger partial charge in [0.05, 0.1) is 19.9 Å². The molecule has 32 heavy (non-hydrogen) atoms. The largest absolute Gasteiger partial charge is 0.497 e. The van der Waals surface area contributed by atoms with Crippen molar-refractivity contribution in [1.29, 1.82) is 0 Å². The minimum absolute atomic E-state index is 0.728. The molecule has 1 N–H and O–H groups in total. The molecule has 0 aliphatic carbocycles. The van der Waals surface area contributed by atoms with Crippen LogP contribution in [0.2, 0.25) is 0 Å². The van der Waals surface area contributed by atoms with E-state index in [2.05, 4.69) is 50.4 Å². The fourth-order valence-corrected chi connectivity index (χ4v) is 4.06. The number of ether oxygens (including phenoxy) is 2. The first-order chi connectivity index (χ1) is 15.5. The highest BCUT2D eigenvalue weighted by Crippen LogP contribution is 2.31. The van der Waals surface area contributed by atoms with Crippen LogP contribution < -0.4 is 14.8 Å². The summed E-state index contributed by atoms with van der Waals surface area (Å²) in [4.78, 5) is 4.82. The molecule has 0 aliphatic heterocycles. The van der Waals surface area contributed by atoms with Crippen LogP contribution in [0.15, 0.2) is 48.5 Å². The van der Waals surface area contributed by atoms with Gasteiger partial charge in [-0.25, -0.2) is 4.98 Å². The van der Waals surface area contributed by atoms with Crippen LogP contribution in [0, 0.1) is 13.8 Å². The average Bonchev–Trinajstić information content (AvgIpc) is 3.23. The van der Waals surface area contributed by atoms with E-state index in [1.165, 1.54) is 16.7 Å². The monoisotopic (exact) mass is 430 g/mol. The Morgan fingerprint density at radius 2 is 1.69 bits per heavy atom. The van der Waals surface area contributed by atoms with Crippen LogP contribution in [-0.4, -0.2) is 35.4 Å². The first-order valence-electron chi connectivity index (χ1n) is 10.9. The standard InChI is InChI=1S/C26H30N4O2/c1-6-23-18(3)28-25-16-24(20-13-21(31-4)15-22(14-20)32-5)29-30(25)26(23)27-12-11-19-10-8-7-9-17(19)2/h7-10,13-16,27H,6,11-12H2,1-5H3. The van der Waals surface area contributed by atoms with E-state index < -0.39 is 0 Å². The molecular weight excluding hydrogens is 400 g/mol. The molecular formula is C26H30N4O2. The molecule has 6 heteroatoms. The second kappa shape index (κ2) is 9.30. The number of rotatable bonds is 8. The number of nitrogens with one attached hydrogen (secondary N) is 1. The summed E-state index contributed by atoms with van der Waals surface area (Å²) < 4.78 is 12.8. The van der Waals surface area contributed by atoms with Gasteiger partial charge in [-0.2, -0.15) is 9.61 Å². The lowest BCUT2D eigenvalue weighted by atomic mass is 10.1. The second-order valence-electron chi connectivity index (χ2n) is 7.88. The molecule has 0 bridgehead atoms. The Kier molecular flexibility index (Phi) is 6.30. The molecule has 4 aromatic rings. The molecule has 0 saturated carbocycles. The van der Waals surface area contributed by atoms with Crippen LogP contribution in [0.4, 0.5) is 5.82 Å². The van der Waals surface area contributed by atoms with Crippen molar-refractivity contribution in [2.24, 2.45) is 0 Å². The van der Waals surface area contributed by atoms with Crippen molar-refractivity contribution in [2.45, 2.75) is 33.6 Å². The van der Waals surface area contributed by atoms with Crippen molar-refractivity contribution >= 4 is 11.5 Å². The Hall–Kier alpha value is -3.54. The van der Waals surface area contributed by atoms with E-state index in [9.17, 15) is 0 Å². The molecule has 0 radical (unpaired) electrons. The Morgan fingerprint density at radius 3 is 2.34 bits per heavy atom. The highest BCUT2D eigenvalue weighted by Gasteiger charge is 2.16. The third-order valence-corrected chi connectivity index (χ3v) is 5.86. The Labute approximate surface area is 189 Å². The van der Waals surface area contributed by atoms with Crippen LogP contribution in [0.5, 0.6) is 11.5 Å². The topological polar surface area (TPSA) is 60.7 Å². The third-order valence-electron chi connectivity index (χ3n) is 5.86. The molecule has 4 rings (SSSR count). The van der Waals surface area contributed by atoms with E-state index in [1.807, 2.05) is 28.8 Å². The van der Waals surface area contributed by atoms with Gasteiger partial charge in [-0.3, -0.25) is 0 Å². The van der Waals surface area contributed by atoms with Crippen molar-refractivity contribution in [3.63, 3.8) is 0 Å². The van der Waals surface area contributed by atoms with Gasteiger partial charge in [0.15, 0.2) is 5.65 Å². The highest BCUT2D eigenvalue weighted by atomic mass is 16.5. The molecule has 166 valence electrons. The Morgan fingerprint density at radius 1 is 0.969 bits per heavy atom. The number of aryl methyl sites for hydroxylation is 2. The minimum Gasteiger partial charge on any atom is -0.497 e. The number of aromatic nitrogens is 3. The van der Waals surface area contributed by atoms with Gasteiger partial charge in [-0.05, 0) is 49.9 Å². The molecule has 0 spiro atoms. The summed E-state index contributed by atoms with van der Waals surface area (Å²) in [6.45, 7) is 7.19. The molecule has 0 unspecified atom stereocenters. The second-order valence-corrected chi connectivity index (χ2v) is 7.88. The van der Waals surface area contributed by atoms with Crippen molar-refractivity contribution in [3.05, 3.63) is 70.9 Å². The maximum Gasteiger partial charge on any atom is 0.158 e. The molecule has 0 saturated heterocycles. The van der Waals surface area contributed by atoms with Gasteiger partial charge in [0.25, 0.3) is 0 Å². The predicted octanol–water partition coefficient (Wildman–Crippen LogP) is 5.25. The van der Waals surface area contributed by atoms with Crippen molar-refractivity contribution < 1.29 is 9.47 Å². The van der Waals surface area contributed by atoms with E-state index in [4.69, 9.17) is 19.6 Å². The fourth-order valence-electron chi connectivity index (χ4n) is 4.06. The first-order valence-corrected chi connectivity index (χ1v) is 10.9. The molecule has 0 amide bonds. The van der Waals surface area contributed by atoms with Gasteiger partial charge in [0, 0.05) is 35.5 Å². The zero-order valence-corrected chi connectivity index (χ0v) is 19.4. The number of fused-ring (bicyclic) bond motifs is 1. The van der Waals surface area contributed by atoms with Gasteiger partial charge in [0.2, 0.25) is 0 Å². The maximum atomic E-state index is 5.43. The third kappa shape index (κ3) is 4.26. The average molecular weight is 431 g/mol. The Bertz CT molecular complexity index is 1220. The van der Waals surface area contributed by atoms with Crippen LogP contribution in [0.25, 0.3) is 16.9 Å². The minimum atomic E-state index is 0.728. The van der Waals surface area contributed by atoms with Crippen LogP contribution >= 0.6 is 0 Å². The highest BCUT2D eigenvalue weighted by molar-refractivity contribution is 5.69. The van der Waals surface area contributed by atoms with Gasteiger partial charge in [-0.1, -0.05) is 31.2 Å². The van der Waals surface area contributed by atoms with E-state index in [0.717, 1.165) is 59.3 Å². The Balaban J connectivity index is 1.72. The smallest absolute Gasteiger partial charge is 0.158 e. The van der Waals surface area contributed by atoms with E-state index >= 15 is 0 Å². The quantitative estimate of drug-likeness (QED) is 0.414. The molecule has 2 heterocycles. The molecule has 2 aromatic heterocycles. The van der Waals surface area contributed by atoms with Crippen molar-refractivity contribution in [1.82, 2.24) is 14.6 Å². The lowest BCUT2D eigenvalue weighted by Gasteiger charge is -2.15. The van der Waals surface area contributed by atoms with Crippen molar-refractivity contribution in [3.8, 4) is 22.8 Å². The molecule has 2 aromatic carbocycles. The summed E-state index contributed by atoms with van der Waals surface area (Å²) in [6, 6.07) is 16.3. The summed E-state index contributed by atoms with van der Waals surface area (Å²) >= 11 is 0. The SMILES string of the molecule is CCc1c(C)nc2cc(-c3cc(OC)cc(OC)c3)nn2c1NCCc1ccccc1C. The zero-order chi connectivity index (χ0) is 22.7. The number of nitrogens with zero attached hydrogens (tertiary/aromatic N) is 3. The summed E-state index contributed by atoms with van der Waals surface area (Å²) in [5.74, 6) is 2.46. The summed E-state index contributed by atoms with van der Waals surface area (Å²) in [5, 5.41) is 8.55. The number of hydrogen-bond acceptors (Lipinski definition) is 5. The fraction of sp³-hybridized carbons (Fsp3) is 0.308. The zero-order valence-electron chi connectivity index (χ0n) is 19.4. The molecule has 0 aliphatic rings. The lowest BCUT2D eigenvalue weighted by molar-refractivity contribution is 0.394. The van der Waals surface area contributed by atoms with Crippen LogP contribution in [-0.2, 0) is 12.8 Å². The van der Waals surface area contributed by atoms with Crippen molar-refractivity contribution in [2.75, 3.05) is 26.1 Å². The summed E-state index contributed by atoms with van der Waals surface area (Å²) in [6.07, 6.45) is 1.82. The number of benzene rings is 2. The first kappa shape index (κ1) is 21.7. The van der Waals surface area contributed by atoms with Gasteiger partial charge < -0.3 is 14.8 Å². The van der Waals surface area contributed by atoms with Gasteiger partial charge >= 0.3 is 0 Å². The van der Waals surface area contributed by atoms with E-state index in [0.29, 0.717) is 0 Å². The van der Waals surface area contributed by atoms with Gasteiger partial charge in [0.1, 0.15) is 17.3 Å². The van der Waals surface area contributed by atoms with E-state index in [1.54, 1.807) is 14.2 Å². The lowest BCUT2D eigenvalue weighted by Crippen LogP contribution is -2.14. The molecule has 0 atom stereocenters. The summed E-state index contributed by atoms with van der Waals surface area (Å²) in [7, 11) is 3.30. The van der Waals surface area contributed by atoms with Crippen LogP contribution in [0.3, 0.4) is 0 Å². The molecule has 6 nitrogen and oxygen atoms in total. The number of hydrogen-bond donors (Lipinski definition) is 1. The normalized spacial score (nSPS) is 11.0. The predicted molar refractivity (Wildman–Crippen MR) is 129 cm³/mol. The molecule has 0 fully saturated rings. The number of anilines is 1. The number of methoxy groups -OCH3 is 2. The van der Waals surface area contributed by atoms with E-state index in [-0.39, 0.29) is 0 Å².